The van der Waals surface area contributed by atoms with E-state index in [9.17, 15) is 4.79 Å². The average molecular weight is 350 g/mol. The molecule has 1 unspecified atom stereocenters. The van der Waals surface area contributed by atoms with Crippen LogP contribution in [-0.2, 0) is 13.0 Å². The number of rotatable bonds is 4. The van der Waals surface area contributed by atoms with Crippen LogP contribution in [0, 0.1) is 0 Å². The second-order valence-electron chi connectivity index (χ2n) is 6.17. The van der Waals surface area contributed by atoms with Gasteiger partial charge >= 0.3 is 0 Å². The molecule has 0 radical (unpaired) electrons. The highest BCUT2D eigenvalue weighted by Crippen LogP contribution is 2.36. The molecule has 0 fully saturated rings. The minimum atomic E-state index is -0.132. The Hall–Kier alpha value is -2.59. The molecule has 0 aliphatic carbocycles. The van der Waals surface area contributed by atoms with Crippen LogP contribution in [0.2, 0.25) is 0 Å². The van der Waals surface area contributed by atoms with E-state index < -0.39 is 0 Å². The third-order valence-corrected chi connectivity index (χ3v) is 5.80. The van der Waals surface area contributed by atoms with Crippen molar-refractivity contribution in [3.8, 4) is 0 Å². The van der Waals surface area contributed by atoms with Gasteiger partial charge in [0.1, 0.15) is 6.17 Å². The predicted molar refractivity (Wildman–Crippen MR) is 105 cm³/mol. The van der Waals surface area contributed by atoms with Gasteiger partial charge in [0, 0.05) is 23.4 Å². The zero-order valence-electron chi connectivity index (χ0n) is 14.1. The number of fused-ring (bicyclic) bond motifs is 1. The Morgan fingerprint density at radius 1 is 1.04 bits per heavy atom. The lowest BCUT2D eigenvalue weighted by molar-refractivity contribution is 0.0669. The van der Waals surface area contributed by atoms with Crippen molar-refractivity contribution in [3.05, 3.63) is 87.6 Å². The van der Waals surface area contributed by atoms with Crippen LogP contribution in [0.5, 0.6) is 0 Å². The molecule has 2 heterocycles. The Labute approximate surface area is 153 Å². The van der Waals surface area contributed by atoms with Gasteiger partial charge in [0.25, 0.3) is 5.91 Å². The van der Waals surface area contributed by atoms with E-state index >= 15 is 0 Å². The van der Waals surface area contributed by atoms with Crippen molar-refractivity contribution in [1.29, 1.82) is 0 Å². The molecular formula is C21H22N2OS. The molecule has 0 saturated heterocycles. The number of hydrogen-bond donors (Lipinski definition) is 1. The van der Waals surface area contributed by atoms with Crippen molar-refractivity contribution in [2.45, 2.75) is 26.1 Å². The van der Waals surface area contributed by atoms with Crippen molar-refractivity contribution in [2.24, 2.45) is 0 Å². The van der Waals surface area contributed by atoms with Gasteiger partial charge in [-0.15, -0.1) is 11.3 Å². The Balaban J connectivity index is 0.00000196. The number of nitrogens with zero attached hydrogens (tertiary/aromatic N) is 1. The minimum absolute atomic E-state index is 0. The molecule has 25 heavy (non-hydrogen) atoms. The Morgan fingerprint density at radius 3 is 2.56 bits per heavy atom. The lowest BCUT2D eigenvalue weighted by Gasteiger charge is -2.37. The fourth-order valence-corrected chi connectivity index (χ4v) is 4.21. The van der Waals surface area contributed by atoms with Crippen LogP contribution in [-0.4, -0.2) is 10.8 Å². The van der Waals surface area contributed by atoms with Crippen LogP contribution in [0.4, 0.5) is 5.69 Å². The molecule has 0 saturated carbocycles. The smallest absolute Gasteiger partial charge is 0.258 e. The largest absolute Gasteiger partial charge is 0.360 e. The van der Waals surface area contributed by atoms with E-state index in [4.69, 9.17) is 0 Å². The molecule has 0 bridgehead atoms. The summed E-state index contributed by atoms with van der Waals surface area (Å²) in [7, 11) is 0. The molecule has 2 aromatic carbocycles. The first kappa shape index (κ1) is 15.9. The van der Waals surface area contributed by atoms with Crippen molar-refractivity contribution >= 4 is 22.9 Å². The van der Waals surface area contributed by atoms with Crippen LogP contribution in [0.1, 0.15) is 40.2 Å². The number of carbonyl (C=O) groups excluding carboxylic acids is 1. The number of amides is 1. The first-order valence-electron chi connectivity index (χ1n) is 8.55. The van der Waals surface area contributed by atoms with Crippen molar-refractivity contribution < 1.29 is 6.22 Å². The fraction of sp³-hybridized carbons (Fsp3) is 0.190. The summed E-state index contributed by atoms with van der Waals surface area (Å²) in [6.07, 6.45) is 0.883. The number of nitrogens with one attached hydrogen (secondary N) is 1. The van der Waals surface area contributed by atoms with Gasteiger partial charge in [-0.1, -0.05) is 49.4 Å². The van der Waals surface area contributed by atoms with Gasteiger partial charge in [0.2, 0.25) is 0 Å². The zero-order valence-corrected chi connectivity index (χ0v) is 14.9. The zero-order chi connectivity index (χ0) is 17.2. The van der Waals surface area contributed by atoms with Crippen LogP contribution in [0.15, 0.2) is 66.7 Å². The highest BCUT2D eigenvalue weighted by Gasteiger charge is 2.33. The molecule has 3 nitrogen and oxygen atoms in total. The van der Waals surface area contributed by atoms with Gasteiger partial charge in [0.05, 0.1) is 5.56 Å². The molecule has 4 rings (SSSR count). The fourth-order valence-electron chi connectivity index (χ4n) is 3.19. The van der Waals surface area contributed by atoms with Crippen LogP contribution in [0.25, 0.3) is 0 Å². The van der Waals surface area contributed by atoms with E-state index in [0.29, 0.717) is 6.54 Å². The highest BCUT2D eigenvalue weighted by atomic mass is 32.1. The van der Waals surface area contributed by atoms with E-state index in [1.165, 1.54) is 9.75 Å². The maximum Gasteiger partial charge on any atom is 0.258 e. The molecule has 4 heteroatoms. The Bertz CT molecular complexity index is 894. The second kappa shape index (κ2) is 6.73. The van der Waals surface area contributed by atoms with E-state index in [0.717, 1.165) is 23.2 Å². The molecule has 1 N–H and O–H groups in total. The molecule has 0 spiro atoms. The number of thiophene rings is 1. The van der Waals surface area contributed by atoms with Crippen molar-refractivity contribution in [2.75, 3.05) is 5.32 Å². The van der Waals surface area contributed by atoms with Gasteiger partial charge in [-0.2, -0.15) is 0 Å². The summed E-state index contributed by atoms with van der Waals surface area (Å²) < 4.78 is 0. The summed E-state index contributed by atoms with van der Waals surface area (Å²) >= 11 is 1.77. The quantitative estimate of drug-likeness (QED) is 0.690. The first-order valence-corrected chi connectivity index (χ1v) is 9.37. The Morgan fingerprint density at radius 2 is 1.80 bits per heavy atom. The number of hydrogen-bond acceptors (Lipinski definition) is 3. The summed E-state index contributed by atoms with van der Waals surface area (Å²) in [6, 6.07) is 22.2. The molecule has 1 aromatic heterocycles. The highest BCUT2D eigenvalue weighted by molar-refractivity contribution is 7.12. The Kier molecular flexibility index (Phi) is 4.28. The van der Waals surface area contributed by atoms with Gasteiger partial charge in [-0.3, -0.25) is 4.79 Å². The van der Waals surface area contributed by atoms with Gasteiger partial charge < -0.3 is 10.2 Å². The third kappa shape index (κ3) is 3.05. The summed E-state index contributed by atoms with van der Waals surface area (Å²) in [4.78, 5) is 17.6. The lowest BCUT2D eigenvalue weighted by atomic mass is 10.1. The normalized spacial score (nSPS) is 16.4. The topological polar surface area (TPSA) is 32.3 Å². The van der Waals surface area contributed by atoms with Crippen LogP contribution in [0.3, 0.4) is 0 Å². The van der Waals surface area contributed by atoms with Gasteiger partial charge in [0.15, 0.2) is 0 Å². The summed E-state index contributed by atoms with van der Waals surface area (Å²) in [5.74, 6) is 0.0784. The molecule has 1 aliphatic rings. The number of para-hydroxylation sites is 1. The number of benzene rings is 2. The van der Waals surface area contributed by atoms with Crippen LogP contribution >= 0.6 is 11.3 Å². The van der Waals surface area contributed by atoms with E-state index in [2.05, 4.69) is 36.5 Å². The van der Waals surface area contributed by atoms with Crippen molar-refractivity contribution in [3.63, 3.8) is 0 Å². The molecule has 1 amide bonds. The first-order chi connectivity index (χ1) is 12.3. The summed E-state index contributed by atoms with van der Waals surface area (Å²) in [5.41, 5.74) is 2.78. The van der Waals surface area contributed by atoms with Crippen molar-refractivity contribution in [1.82, 2.24) is 4.90 Å². The predicted octanol–water partition coefficient (Wildman–Crippen LogP) is 5.32. The lowest BCUT2D eigenvalue weighted by Crippen LogP contribution is -2.42. The van der Waals surface area contributed by atoms with Crippen LogP contribution < -0.4 is 5.32 Å². The maximum atomic E-state index is 13.2. The average Bonchev–Trinajstić information content (AvgIpc) is 3.14. The molecule has 128 valence electrons. The monoisotopic (exact) mass is 350 g/mol. The second-order valence-corrected chi connectivity index (χ2v) is 7.37. The standard InChI is InChI=1S/C21H20N2OS.H2/c1-2-16-12-13-19(25-16)20-22-18-11-7-6-10-17(18)21(24)23(20)14-15-8-4-3-5-9-15;/h3-13,20,22H,2,14H2,1H3;1H. The third-order valence-electron chi connectivity index (χ3n) is 4.52. The molecule has 1 aliphatic heterocycles. The summed E-state index contributed by atoms with van der Waals surface area (Å²) in [6.45, 7) is 2.75. The summed E-state index contributed by atoms with van der Waals surface area (Å²) in [5, 5.41) is 3.57. The number of anilines is 1. The minimum Gasteiger partial charge on any atom is -0.360 e. The van der Waals surface area contributed by atoms with Gasteiger partial charge in [-0.25, -0.2) is 0 Å². The van der Waals surface area contributed by atoms with E-state index in [1.807, 2.05) is 47.4 Å². The number of carbonyl (C=O) groups is 1. The maximum absolute atomic E-state index is 13.2. The number of aryl methyl sites for hydroxylation is 1. The molecule has 3 aromatic rings. The SMILES string of the molecule is CCc1ccc(C2Nc3ccccc3C(=O)N2Cc2ccccc2)s1.[HH]. The van der Waals surface area contributed by atoms with E-state index in [-0.39, 0.29) is 13.5 Å². The molecular weight excluding hydrogens is 328 g/mol. The molecule has 1 atom stereocenters. The van der Waals surface area contributed by atoms with Gasteiger partial charge in [-0.05, 0) is 36.2 Å². The van der Waals surface area contributed by atoms with E-state index in [1.54, 1.807) is 11.3 Å².